The van der Waals surface area contributed by atoms with Crippen LogP contribution in [-0.4, -0.2) is 38.6 Å². The maximum Gasteiger partial charge on any atom is 0.246 e. The molecule has 9 heteroatoms. The summed E-state index contributed by atoms with van der Waals surface area (Å²) in [6.07, 6.45) is 0. The van der Waals surface area contributed by atoms with Crippen LogP contribution in [0, 0.1) is 13.8 Å². The van der Waals surface area contributed by atoms with Crippen molar-refractivity contribution in [3.63, 3.8) is 0 Å². The minimum absolute atomic E-state index is 0.0364. The van der Waals surface area contributed by atoms with Gasteiger partial charge in [-0.1, -0.05) is 5.16 Å². The van der Waals surface area contributed by atoms with Gasteiger partial charge in [-0.05, 0) is 58.9 Å². The molecule has 0 aliphatic rings. The van der Waals surface area contributed by atoms with Gasteiger partial charge in [0, 0.05) is 24.5 Å². The van der Waals surface area contributed by atoms with E-state index in [1.807, 2.05) is 12.1 Å². The number of nitrogens with one attached hydrogen (secondary N) is 2. The predicted molar refractivity (Wildman–Crippen MR) is 104 cm³/mol. The second-order valence-electron chi connectivity index (χ2n) is 6.20. The van der Waals surface area contributed by atoms with Crippen molar-refractivity contribution in [3.05, 3.63) is 35.7 Å². The molecule has 0 radical (unpaired) electrons. The van der Waals surface area contributed by atoms with Crippen molar-refractivity contribution in [2.45, 2.75) is 45.6 Å². The normalized spacial score (nSPS) is 12.6. The van der Waals surface area contributed by atoms with Gasteiger partial charge in [0.25, 0.3) is 0 Å². The summed E-state index contributed by atoms with van der Waals surface area (Å²) in [5.74, 6) is -0.277. The number of carbonyl (C=O) groups is 1. The van der Waals surface area contributed by atoms with Crippen LogP contribution in [0.15, 0.2) is 33.7 Å². The number of aryl methyl sites for hydroxylation is 2. The molecule has 0 saturated heterocycles. The number of rotatable bonds is 8. The van der Waals surface area contributed by atoms with Crippen LogP contribution in [0.4, 0.5) is 11.4 Å². The molecular weight excluding hydrogens is 368 g/mol. The number of anilines is 2. The standard InChI is InChI=1S/C18H26N4O4S/c1-6-22(7-2)16-10-8-15(9-11-16)19-18(23)13(4)21-27(24,25)17-12(3)20-26-14(17)5/h8-11,13,21H,6-7H2,1-5H3,(H,19,23)/t13-/m0/s1. The second kappa shape index (κ2) is 8.53. The first kappa shape index (κ1) is 20.9. The Bertz CT molecular complexity index is 867. The van der Waals surface area contributed by atoms with Gasteiger partial charge in [0.2, 0.25) is 15.9 Å². The zero-order chi connectivity index (χ0) is 20.2. The third-order valence-corrected chi connectivity index (χ3v) is 6.01. The Morgan fingerprint density at radius 3 is 2.26 bits per heavy atom. The summed E-state index contributed by atoms with van der Waals surface area (Å²) in [4.78, 5) is 14.5. The Labute approximate surface area is 160 Å². The average Bonchev–Trinajstić information content (AvgIpc) is 2.96. The van der Waals surface area contributed by atoms with E-state index in [-0.39, 0.29) is 16.3 Å². The molecule has 1 atom stereocenters. The minimum Gasteiger partial charge on any atom is -0.372 e. The van der Waals surface area contributed by atoms with E-state index in [9.17, 15) is 13.2 Å². The summed E-state index contributed by atoms with van der Waals surface area (Å²) in [6.45, 7) is 10.5. The molecule has 2 rings (SSSR count). The Morgan fingerprint density at radius 2 is 1.78 bits per heavy atom. The Balaban J connectivity index is 2.05. The van der Waals surface area contributed by atoms with Gasteiger partial charge in [0.15, 0.2) is 5.76 Å². The monoisotopic (exact) mass is 394 g/mol. The van der Waals surface area contributed by atoms with Crippen molar-refractivity contribution < 1.29 is 17.7 Å². The molecule has 0 fully saturated rings. The first-order chi connectivity index (χ1) is 12.7. The van der Waals surface area contributed by atoms with E-state index < -0.39 is 22.0 Å². The molecule has 0 unspecified atom stereocenters. The van der Waals surface area contributed by atoms with Gasteiger partial charge in [-0.25, -0.2) is 8.42 Å². The molecule has 1 aromatic heterocycles. The van der Waals surface area contributed by atoms with E-state index in [2.05, 4.69) is 33.9 Å². The number of nitrogens with zero attached hydrogens (tertiary/aromatic N) is 2. The Morgan fingerprint density at radius 1 is 1.19 bits per heavy atom. The first-order valence-electron chi connectivity index (χ1n) is 8.80. The number of aromatic nitrogens is 1. The summed E-state index contributed by atoms with van der Waals surface area (Å²) in [5, 5.41) is 6.36. The van der Waals surface area contributed by atoms with Crippen LogP contribution in [0.25, 0.3) is 0 Å². The van der Waals surface area contributed by atoms with E-state index in [0.717, 1.165) is 18.8 Å². The molecule has 0 spiro atoms. The highest BCUT2D eigenvalue weighted by atomic mass is 32.2. The third-order valence-electron chi connectivity index (χ3n) is 4.23. The molecule has 2 N–H and O–H groups in total. The summed E-state index contributed by atoms with van der Waals surface area (Å²) in [6, 6.07) is 6.45. The van der Waals surface area contributed by atoms with Crippen LogP contribution < -0.4 is 14.9 Å². The van der Waals surface area contributed by atoms with Gasteiger partial charge in [0.05, 0.1) is 6.04 Å². The van der Waals surface area contributed by atoms with Crippen molar-refractivity contribution in [2.75, 3.05) is 23.3 Å². The van der Waals surface area contributed by atoms with Crippen LogP contribution in [0.3, 0.4) is 0 Å². The van der Waals surface area contributed by atoms with Crippen LogP contribution in [0.5, 0.6) is 0 Å². The van der Waals surface area contributed by atoms with Crippen molar-refractivity contribution in [1.82, 2.24) is 9.88 Å². The fourth-order valence-electron chi connectivity index (χ4n) is 2.80. The van der Waals surface area contributed by atoms with Crippen LogP contribution in [0.1, 0.15) is 32.2 Å². The summed E-state index contributed by atoms with van der Waals surface area (Å²) in [7, 11) is -3.91. The highest BCUT2D eigenvalue weighted by Gasteiger charge is 2.28. The maximum absolute atomic E-state index is 12.5. The van der Waals surface area contributed by atoms with E-state index in [1.165, 1.54) is 20.8 Å². The molecule has 0 aliphatic heterocycles. The molecule has 1 aromatic carbocycles. The van der Waals surface area contributed by atoms with Gasteiger partial charge in [0.1, 0.15) is 10.6 Å². The Hall–Kier alpha value is -2.39. The smallest absolute Gasteiger partial charge is 0.246 e. The van der Waals surface area contributed by atoms with Crippen LogP contribution in [-0.2, 0) is 14.8 Å². The summed E-state index contributed by atoms with van der Waals surface area (Å²) in [5.41, 5.74) is 1.91. The van der Waals surface area contributed by atoms with E-state index >= 15 is 0 Å². The molecule has 148 valence electrons. The fraction of sp³-hybridized carbons (Fsp3) is 0.444. The average molecular weight is 394 g/mol. The molecule has 27 heavy (non-hydrogen) atoms. The molecule has 0 bridgehead atoms. The molecular formula is C18H26N4O4S. The van der Waals surface area contributed by atoms with Crippen molar-refractivity contribution in [2.24, 2.45) is 0 Å². The Kier molecular flexibility index (Phi) is 6.61. The number of carbonyl (C=O) groups excluding carboxylic acids is 1. The quantitative estimate of drug-likeness (QED) is 0.713. The SMILES string of the molecule is CCN(CC)c1ccc(NC(=O)[C@H](C)NS(=O)(=O)c2c(C)noc2C)cc1. The lowest BCUT2D eigenvalue weighted by Crippen LogP contribution is -2.41. The van der Waals surface area contributed by atoms with E-state index in [0.29, 0.717) is 5.69 Å². The lowest BCUT2D eigenvalue weighted by Gasteiger charge is -2.21. The summed E-state index contributed by atoms with van der Waals surface area (Å²) < 4.78 is 32.2. The van der Waals surface area contributed by atoms with Gasteiger partial charge in [-0.2, -0.15) is 4.72 Å². The molecule has 1 heterocycles. The van der Waals surface area contributed by atoms with Crippen molar-refractivity contribution >= 4 is 27.3 Å². The number of amides is 1. The molecule has 0 saturated carbocycles. The van der Waals surface area contributed by atoms with Crippen LogP contribution in [0.2, 0.25) is 0 Å². The van der Waals surface area contributed by atoms with Crippen molar-refractivity contribution in [1.29, 1.82) is 0 Å². The van der Waals surface area contributed by atoms with Crippen LogP contribution >= 0.6 is 0 Å². The highest BCUT2D eigenvalue weighted by molar-refractivity contribution is 7.89. The number of hydrogen-bond acceptors (Lipinski definition) is 6. The lowest BCUT2D eigenvalue weighted by molar-refractivity contribution is -0.117. The molecule has 2 aromatic rings. The highest BCUT2D eigenvalue weighted by Crippen LogP contribution is 2.20. The first-order valence-corrected chi connectivity index (χ1v) is 10.3. The topological polar surface area (TPSA) is 105 Å². The maximum atomic E-state index is 12.5. The molecule has 1 amide bonds. The van der Waals surface area contributed by atoms with E-state index in [1.54, 1.807) is 12.1 Å². The second-order valence-corrected chi connectivity index (χ2v) is 7.86. The fourth-order valence-corrected chi connectivity index (χ4v) is 4.33. The zero-order valence-corrected chi connectivity index (χ0v) is 17.1. The summed E-state index contributed by atoms with van der Waals surface area (Å²) >= 11 is 0. The van der Waals surface area contributed by atoms with Gasteiger partial charge >= 0.3 is 0 Å². The molecule has 0 aliphatic carbocycles. The van der Waals surface area contributed by atoms with Gasteiger partial charge < -0.3 is 14.7 Å². The minimum atomic E-state index is -3.91. The zero-order valence-electron chi connectivity index (χ0n) is 16.2. The number of sulfonamides is 1. The lowest BCUT2D eigenvalue weighted by atomic mass is 10.2. The van der Waals surface area contributed by atoms with Crippen molar-refractivity contribution in [3.8, 4) is 0 Å². The largest absolute Gasteiger partial charge is 0.372 e. The number of hydrogen-bond donors (Lipinski definition) is 2. The van der Waals surface area contributed by atoms with E-state index in [4.69, 9.17) is 4.52 Å². The third kappa shape index (κ3) is 4.86. The van der Waals surface area contributed by atoms with Gasteiger partial charge in [-0.15, -0.1) is 0 Å². The molecule has 8 nitrogen and oxygen atoms in total. The number of benzene rings is 1. The van der Waals surface area contributed by atoms with Gasteiger partial charge in [-0.3, -0.25) is 4.79 Å². The predicted octanol–water partition coefficient (Wildman–Crippen LogP) is 2.44.